The van der Waals surface area contributed by atoms with Gasteiger partial charge in [0, 0.05) is 19.8 Å². The molecule has 1 aliphatic heterocycles. The van der Waals surface area contributed by atoms with Gasteiger partial charge in [-0.2, -0.15) is 0 Å². The Morgan fingerprint density at radius 2 is 1.69 bits per heavy atom. The van der Waals surface area contributed by atoms with E-state index in [9.17, 15) is 14.4 Å². The summed E-state index contributed by atoms with van der Waals surface area (Å²) in [6, 6.07) is 0. The predicted octanol–water partition coefficient (Wildman–Crippen LogP) is 2.41. The molecule has 1 amide bonds. The number of rotatable bonds is 6. The number of carbonyl (C=O) groups is 3. The maximum absolute atomic E-state index is 11.6. The van der Waals surface area contributed by atoms with Gasteiger partial charge in [0.25, 0.3) is 0 Å². The van der Waals surface area contributed by atoms with Crippen LogP contribution in [0.5, 0.6) is 0 Å². The highest BCUT2D eigenvalue weighted by Crippen LogP contribution is 2.16. The Morgan fingerprint density at radius 3 is 2.08 bits per heavy atom. The molecule has 0 aromatic heterocycles. The lowest BCUT2D eigenvalue weighted by atomic mass is 9.96. The molecular formula is C18H33NO7. The van der Waals surface area contributed by atoms with Gasteiger partial charge in [-0.1, -0.05) is 0 Å². The summed E-state index contributed by atoms with van der Waals surface area (Å²) in [5.74, 6) is -1.53. The Morgan fingerprint density at radius 1 is 1.15 bits per heavy atom. The Hall–Kier alpha value is -1.93. The maximum Gasteiger partial charge on any atom is 0.409 e. The lowest BCUT2D eigenvalue weighted by Crippen LogP contribution is -2.46. The maximum atomic E-state index is 11.6. The first-order valence-corrected chi connectivity index (χ1v) is 8.66. The highest BCUT2D eigenvalue weighted by molar-refractivity contribution is 6.01. The monoisotopic (exact) mass is 375 g/mol. The molecule has 8 heteroatoms. The van der Waals surface area contributed by atoms with Crippen LogP contribution in [-0.4, -0.2) is 69.1 Å². The molecule has 0 aromatic carbocycles. The number of hydrogen-bond donors (Lipinski definition) is 0. The van der Waals surface area contributed by atoms with Gasteiger partial charge in [-0.15, -0.1) is 13.2 Å². The van der Waals surface area contributed by atoms with Crippen LogP contribution in [0.4, 0.5) is 4.79 Å². The molecule has 1 aliphatic rings. The Labute approximate surface area is 156 Å². The number of amides is 1. The number of likely N-dealkylation sites (tertiary alicyclic amines) is 1. The van der Waals surface area contributed by atoms with Gasteiger partial charge >= 0.3 is 12.1 Å². The number of Topliss-reactive ketones (excluding diaryl/α,β-unsaturated/α-hetero) is 1. The van der Waals surface area contributed by atoms with Gasteiger partial charge in [0.15, 0.2) is 12.1 Å². The Kier molecular flexibility index (Phi) is 16.7. The molecule has 0 aliphatic carbocycles. The fourth-order valence-corrected chi connectivity index (χ4v) is 2.12. The predicted molar refractivity (Wildman–Crippen MR) is 97.7 cm³/mol. The van der Waals surface area contributed by atoms with Gasteiger partial charge in [-0.05, 0) is 34.1 Å². The zero-order chi connectivity index (χ0) is 20.5. The first kappa shape index (κ1) is 26.3. The summed E-state index contributed by atoms with van der Waals surface area (Å²) < 4.78 is 19.4. The van der Waals surface area contributed by atoms with E-state index in [2.05, 4.69) is 17.9 Å². The first-order valence-electron chi connectivity index (χ1n) is 8.66. The van der Waals surface area contributed by atoms with Crippen molar-refractivity contribution < 1.29 is 33.3 Å². The van der Waals surface area contributed by atoms with E-state index in [-0.39, 0.29) is 25.2 Å². The molecule has 1 unspecified atom stereocenters. The van der Waals surface area contributed by atoms with Gasteiger partial charge in [-0.25, -0.2) is 4.79 Å². The van der Waals surface area contributed by atoms with E-state index in [1.807, 2.05) is 20.8 Å². The minimum absolute atomic E-state index is 0.0370. The number of ketones is 1. The molecule has 152 valence electrons. The molecule has 1 saturated heterocycles. The SMILES string of the molecule is C=C.CCOC(=O)C1CCN(C(=O)OC)CC1=O.CCOC(C)OCC. The molecule has 1 rings (SSSR count). The lowest BCUT2D eigenvalue weighted by Gasteiger charge is -2.28. The van der Waals surface area contributed by atoms with E-state index >= 15 is 0 Å². The smallest absolute Gasteiger partial charge is 0.409 e. The minimum Gasteiger partial charge on any atom is -0.465 e. The molecule has 0 aromatic rings. The van der Waals surface area contributed by atoms with Crippen molar-refractivity contribution in [1.29, 1.82) is 0 Å². The lowest BCUT2D eigenvalue weighted by molar-refractivity contribution is -0.153. The number of piperidine rings is 1. The highest BCUT2D eigenvalue weighted by atomic mass is 16.7. The number of nitrogens with zero attached hydrogens (tertiary/aromatic N) is 1. The summed E-state index contributed by atoms with van der Waals surface area (Å²) in [4.78, 5) is 35.4. The fraction of sp³-hybridized carbons (Fsp3) is 0.722. The van der Waals surface area contributed by atoms with E-state index in [0.717, 1.165) is 13.2 Å². The van der Waals surface area contributed by atoms with Crippen LogP contribution in [-0.2, 0) is 28.5 Å². The zero-order valence-electron chi connectivity index (χ0n) is 16.6. The van der Waals surface area contributed by atoms with Crippen LogP contribution in [0.1, 0.15) is 34.1 Å². The van der Waals surface area contributed by atoms with E-state index in [0.29, 0.717) is 13.0 Å². The third kappa shape index (κ3) is 10.8. The van der Waals surface area contributed by atoms with Crippen molar-refractivity contribution >= 4 is 17.8 Å². The van der Waals surface area contributed by atoms with Gasteiger partial charge in [0.05, 0.1) is 20.3 Å². The third-order valence-corrected chi connectivity index (χ3v) is 3.23. The molecular weight excluding hydrogens is 342 g/mol. The normalized spacial score (nSPS) is 16.0. The second-order valence-corrected chi connectivity index (χ2v) is 4.93. The van der Waals surface area contributed by atoms with E-state index < -0.39 is 18.0 Å². The summed E-state index contributed by atoms with van der Waals surface area (Å²) in [6.07, 6.45) is -0.284. The Balaban J connectivity index is 0. The van der Waals surface area contributed by atoms with Crippen LogP contribution in [0.15, 0.2) is 13.2 Å². The molecule has 26 heavy (non-hydrogen) atoms. The molecule has 8 nitrogen and oxygen atoms in total. The molecule has 1 atom stereocenters. The molecule has 0 N–H and O–H groups in total. The third-order valence-electron chi connectivity index (χ3n) is 3.23. The topological polar surface area (TPSA) is 91.4 Å². The van der Waals surface area contributed by atoms with Gasteiger partial charge in [0.2, 0.25) is 0 Å². The van der Waals surface area contributed by atoms with Gasteiger partial charge < -0.3 is 23.8 Å². The van der Waals surface area contributed by atoms with Crippen molar-refractivity contribution in [1.82, 2.24) is 4.90 Å². The summed E-state index contributed by atoms with van der Waals surface area (Å²) in [6.45, 7) is 15.4. The van der Waals surface area contributed by atoms with Crippen LogP contribution in [0.3, 0.4) is 0 Å². The van der Waals surface area contributed by atoms with Crippen molar-refractivity contribution in [3.63, 3.8) is 0 Å². The zero-order valence-corrected chi connectivity index (χ0v) is 16.6. The summed E-state index contributed by atoms with van der Waals surface area (Å²) >= 11 is 0. The van der Waals surface area contributed by atoms with Crippen LogP contribution in [0.2, 0.25) is 0 Å². The largest absolute Gasteiger partial charge is 0.465 e. The summed E-state index contributed by atoms with van der Waals surface area (Å²) in [7, 11) is 1.25. The van der Waals surface area contributed by atoms with Crippen molar-refractivity contribution in [2.75, 3.05) is 40.0 Å². The Bertz CT molecular complexity index is 408. The number of carbonyl (C=O) groups excluding carboxylic acids is 3. The highest BCUT2D eigenvalue weighted by Gasteiger charge is 2.35. The number of ether oxygens (including phenoxy) is 4. The van der Waals surface area contributed by atoms with Crippen molar-refractivity contribution in [3.8, 4) is 0 Å². The second kappa shape index (κ2) is 16.5. The molecule has 0 saturated carbocycles. The van der Waals surface area contributed by atoms with E-state index in [1.54, 1.807) is 6.92 Å². The van der Waals surface area contributed by atoms with Crippen molar-refractivity contribution in [3.05, 3.63) is 13.2 Å². The van der Waals surface area contributed by atoms with Crippen LogP contribution in [0, 0.1) is 5.92 Å². The minimum atomic E-state index is -0.735. The van der Waals surface area contributed by atoms with Crippen molar-refractivity contribution in [2.24, 2.45) is 5.92 Å². The first-order chi connectivity index (χ1) is 12.4. The average molecular weight is 375 g/mol. The standard InChI is InChI=1S/C10H15NO5.C6H14O2.C2H4/c1-3-16-9(13)7-4-5-11(6-8(7)12)10(14)15-2;1-4-7-6(3)8-5-2;1-2/h7H,3-6H2,1-2H3;6H,4-5H2,1-3H3;1-2H2. The number of hydrogen-bond acceptors (Lipinski definition) is 7. The molecule has 0 bridgehead atoms. The molecule has 1 fully saturated rings. The van der Waals surface area contributed by atoms with Gasteiger partial charge in [-0.3, -0.25) is 9.59 Å². The summed E-state index contributed by atoms with van der Waals surface area (Å²) in [5, 5.41) is 0. The molecule has 0 radical (unpaired) electrons. The van der Waals surface area contributed by atoms with E-state index in [1.165, 1.54) is 12.0 Å². The average Bonchev–Trinajstić information content (AvgIpc) is 2.63. The van der Waals surface area contributed by atoms with E-state index in [4.69, 9.17) is 14.2 Å². The summed E-state index contributed by atoms with van der Waals surface area (Å²) in [5.41, 5.74) is 0. The van der Waals surface area contributed by atoms with Crippen LogP contribution >= 0.6 is 0 Å². The van der Waals surface area contributed by atoms with Crippen molar-refractivity contribution in [2.45, 2.75) is 40.4 Å². The fourth-order valence-electron chi connectivity index (χ4n) is 2.12. The second-order valence-electron chi connectivity index (χ2n) is 4.93. The molecule has 0 spiro atoms. The molecule has 1 heterocycles. The van der Waals surface area contributed by atoms with Crippen LogP contribution in [0.25, 0.3) is 0 Å². The number of esters is 1. The number of methoxy groups -OCH3 is 1. The van der Waals surface area contributed by atoms with Crippen LogP contribution < -0.4 is 0 Å². The quantitative estimate of drug-likeness (QED) is 0.305. The van der Waals surface area contributed by atoms with Gasteiger partial charge in [0.1, 0.15) is 5.92 Å².